The average Bonchev–Trinajstić information content (AvgIpc) is 2.60. The topological polar surface area (TPSA) is 64.2 Å². The zero-order valence-electron chi connectivity index (χ0n) is 9.31. The predicted molar refractivity (Wildman–Crippen MR) is 58.3 cm³/mol. The smallest absolute Gasteiger partial charge is 0.244 e. The summed E-state index contributed by atoms with van der Waals surface area (Å²) >= 11 is 0. The molecule has 84 valence electrons. The maximum absolute atomic E-state index is 11.7. The third-order valence-electron chi connectivity index (χ3n) is 2.19. The molecule has 0 aliphatic heterocycles. The molecule has 5 nitrogen and oxygen atoms in total. The molecule has 0 atom stereocenters. The molecule has 0 radical (unpaired) electrons. The van der Waals surface area contributed by atoms with Crippen LogP contribution in [-0.2, 0) is 11.3 Å². The zero-order chi connectivity index (χ0) is 11.3. The van der Waals surface area contributed by atoms with Gasteiger partial charge in [0, 0.05) is 19.8 Å². The van der Waals surface area contributed by atoms with Crippen LogP contribution in [0.3, 0.4) is 0 Å². The highest BCUT2D eigenvalue weighted by molar-refractivity contribution is 5.75. The first-order chi connectivity index (χ1) is 7.13. The second-order valence-corrected chi connectivity index (χ2v) is 3.61. The van der Waals surface area contributed by atoms with Gasteiger partial charge < -0.3 is 10.6 Å². The molecule has 0 fully saturated rings. The van der Waals surface area contributed by atoms with E-state index in [2.05, 4.69) is 5.10 Å². The fourth-order valence-corrected chi connectivity index (χ4v) is 1.26. The van der Waals surface area contributed by atoms with Gasteiger partial charge in [-0.15, -0.1) is 0 Å². The maximum atomic E-state index is 11.7. The Bertz CT molecular complexity index is 321. The number of nitrogens with zero attached hydrogens (tertiary/aromatic N) is 3. The van der Waals surface area contributed by atoms with Gasteiger partial charge in [-0.1, -0.05) is 0 Å². The van der Waals surface area contributed by atoms with E-state index in [1.54, 1.807) is 16.6 Å². The molecule has 1 rings (SSSR count). The van der Waals surface area contributed by atoms with Crippen molar-refractivity contribution in [2.75, 3.05) is 20.1 Å². The van der Waals surface area contributed by atoms with E-state index >= 15 is 0 Å². The van der Waals surface area contributed by atoms with Gasteiger partial charge in [0.05, 0.1) is 5.69 Å². The first kappa shape index (κ1) is 11.7. The molecule has 0 unspecified atom stereocenters. The van der Waals surface area contributed by atoms with Crippen molar-refractivity contribution in [1.29, 1.82) is 0 Å². The maximum Gasteiger partial charge on any atom is 0.244 e. The van der Waals surface area contributed by atoms with Crippen LogP contribution >= 0.6 is 0 Å². The number of likely N-dealkylation sites (N-methyl/N-ethyl adjacent to an activating group) is 1. The van der Waals surface area contributed by atoms with E-state index < -0.39 is 0 Å². The lowest BCUT2D eigenvalue weighted by atomic mass is 10.4. The third-order valence-corrected chi connectivity index (χ3v) is 2.19. The normalized spacial score (nSPS) is 10.3. The van der Waals surface area contributed by atoms with Gasteiger partial charge in [-0.25, -0.2) is 0 Å². The Hall–Kier alpha value is -1.36. The number of carbonyl (C=O) groups is 1. The number of nitrogens with two attached hydrogens (primary N) is 1. The monoisotopic (exact) mass is 210 g/mol. The lowest BCUT2D eigenvalue weighted by Gasteiger charge is -2.16. The highest BCUT2D eigenvalue weighted by Gasteiger charge is 2.08. The molecule has 5 heteroatoms. The van der Waals surface area contributed by atoms with Gasteiger partial charge in [-0.2, -0.15) is 5.10 Å². The Morgan fingerprint density at radius 1 is 1.67 bits per heavy atom. The number of rotatable bonds is 5. The summed E-state index contributed by atoms with van der Waals surface area (Å²) in [5, 5.41) is 4.16. The second kappa shape index (κ2) is 5.50. The van der Waals surface area contributed by atoms with Crippen molar-refractivity contribution < 1.29 is 4.79 Å². The standard InChI is InChI=1S/C10H18N4O/c1-9-4-7-14(12-9)8-10(15)13(2)6-3-5-11/h4,7H,3,5-6,8,11H2,1-2H3. The summed E-state index contributed by atoms with van der Waals surface area (Å²) < 4.78 is 1.65. The fourth-order valence-electron chi connectivity index (χ4n) is 1.26. The van der Waals surface area contributed by atoms with Gasteiger partial charge >= 0.3 is 0 Å². The molecule has 1 heterocycles. The number of amides is 1. The molecule has 2 N–H and O–H groups in total. The van der Waals surface area contributed by atoms with Crippen molar-refractivity contribution in [3.63, 3.8) is 0 Å². The van der Waals surface area contributed by atoms with E-state index in [-0.39, 0.29) is 5.91 Å². The minimum absolute atomic E-state index is 0.0616. The van der Waals surface area contributed by atoms with E-state index in [4.69, 9.17) is 5.73 Å². The van der Waals surface area contributed by atoms with Crippen LogP contribution in [0.4, 0.5) is 0 Å². The molecule has 0 saturated heterocycles. The van der Waals surface area contributed by atoms with Crippen LogP contribution < -0.4 is 5.73 Å². The average molecular weight is 210 g/mol. The van der Waals surface area contributed by atoms with Gasteiger partial charge in [0.25, 0.3) is 0 Å². The highest BCUT2D eigenvalue weighted by atomic mass is 16.2. The molecule has 1 aromatic rings. The Morgan fingerprint density at radius 3 is 2.93 bits per heavy atom. The first-order valence-electron chi connectivity index (χ1n) is 5.07. The van der Waals surface area contributed by atoms with E-state index in [1.807, 2.05) is 19.2 Å². The van der Waals surface area contributed by atoms with Crippen molar-refractivity contribution >= 4 is 5.91 Å². The molecule has 0 aromatic carbocycles. The Morgan fingerprint density at radius 2 is 2.40 bits per heavy atom. The third kappa shape index (κ3) is 3.71. The number of aromatic nitrogens is 2. The summed E-state index contributed by atoms with van der Waals surface area (Å²) in [6.07, 6.45) is 2.64. The summed E-state index contributed by atoms with van der Waals surface area (Å²) in [5.41, 5.74) is 6.30. The van der Waals surface area contributed by atoms with Gasteiger partial charge in [0.2, 0.25) is 5.91 Å². The lowest BCUT2D eigenvalue weighted by molar-refractivity contribution is -0.130. The summed E-state index contributed by atoms with van der Waals surface area (Å²) in [6, 6.07) is 1.88. The van der Waals surface area contributed by atoms with Gasteiger partial charge in [-0.3, -0.25) is 9.48 Å². The number of aryl methyl sites for hydroxylation is 1. The van der Waals surface area contributed by atoms with E-state index in [9.17, 15) is 4.79 Å². The zero-order valence-corrected chi connectivity index (χ0v) is 9.31. The van der Waals surface area contributed by atoms with Crippen LogP contribution in [0, 0.1) is 6.92 Å². The minimum Gasteiger partial charge on any atom is -0.344 e. The second-order valence-electron chi connectivity index (χ2n) is 3.61. The van der Waals surface area contributed by atoms with Crippen molar-refractivity contribution in [3.8, 4) is 0 Å². The summed E-state index contributed by atoms with van der Waals surface area (Å²) in [7, 11) is 1.79. The number of carbonyl (C=O) groups excluding carboxylic acids is 1. The molecule has 0 aliphatic carbocycles. The van der Waals surface area contributed by atoms with Crippen LogP contribution in [0.25, 0.3) is 0 Å². The highest BCUT2D eigenvalue weighted by Crippen LogP contribution is 1.95. The Labute approximate surface area is 89.9 Å². The number of hydrogen-bond donors (Lipinski definition) is 1. The summed E-state index contributed by atoms with van der Waals surface area (Å²) in [4.78, 5) is 13.3. The largest absolute Gasteiger partial charge is 0.344 e. The fraction of sp³-hybridized carbons (Fsp3) is 0.600. The van der Waals surface area contributed by atoms with Crippen molar-refractivity contribution in [1.82, 2.24) is 14.7 Å². The van der Waals surface area contributed by atoms with Crippen molar-refractivity contribution in [2.45, 2.75) is 19.9 Å². The van der Waals surface area contributed by atoms with Gasteiger partial charge in [-0.05, 0) is 26.0 Å². The first-order valence-corrected chi connectivity index (χ1v) is 5.07. The lowest BCUT2D eigenvalue weighted by Crippen LogP contribution is -2.32. The molecular formula is C10H18N4O. The molecular weight excluding hydrogens is 192 g/mol. The Balaban J connectivity index is 2.41. The van der Waals surface area contributed by atoms with Crippen LogP contribution in [0.15, 0.2) is 12.3 Å². The van der Waals surface area contributed by atoms with Gasteiger partial charge in [0.15, 0.2) is 0 Å². The van der Waals surface area contributed by atoms with E-state index in [0.29, 0.717) is 19.6 Å². The molecule has 0 spiro atoms. The summed E-state index contributed by atoms with van der Waals surface area (Å²) in [6.45, 7) is 3.52. The van der Waals surface area contributed by atoms with Crippen LogP contribution in [0.1, 0.15) is 12.1 Å². The minimum atomic E-state index is 0.0616. The molecule has 1 amide bonds. The molecule has 0 aliphatic rings. The van der Waals surface area contributed by atoms with Crippen LogP contribution in [0.2, 0.25) is 0 Å². The SMILES string of the molecule is Cc1ccn(CC(=O)N(C)CCCN)n1. The van der Waals surface area contributed by atoms with E-state index in [0.717, 1.165) is 12.1 Å². The molecule has 0 bridgehead atoms. The molecule has 15 heavy (non-hydrogen) atoms. The van der Waals surface area contributed by atoms with Crippen molar-refractivity contribution in [2.24, 2.45) is 5.73 Å². The van der Waals surface area contributed by atoms with E-state index in [1.165, 1.54) is 0 Å². The molecule has 1 aromatic heterocycles. The number of hydrogen-bond acceptors (Lipinski definition) is 3. The van der Waals surface area contributed by atoms with Crippen molar-refractivity contribution in [3.05, 3.63) is 18.0 Å². The van der Waals surface area contributed by atoms with Crippen LogP contribution in [0.5, 0.6) is 0 Å². The predicted octanol–water partition coefficient (Wildman–Crippen LogP) is -0.00128. The Kier molecular flexibility index (Phi) is 4.30. The molecule has 0 saturated carbocycles. The quantitative estimate of drug-likeness (QED) is 0.744. The van der Waals surface area contributed by atoms with Gasteiger partial charge in [0.1, 0.15) is 6.54 Å². The summed E-state index contributed by atoms with van der Waals surface area (Å²) in [5.74, 6) is 0.0616. The van der Waals surface area contributed by atoms with Crippen LogP contribution in [-0.4, -0.2) is 40.7 Å².